The molecule has 1 aliphatic rings. The number of thioether (sulfide) groups is 1. The summed E-state index contributed by atoms with van der Waals surface area (Å²) < 4.78 is 12.9. The number of carbonyl (C=O) groups excluding carboxylic acids is 2. The van der Waals surface area contributed by atoms with Crippen molar-refractivity contribution in [2.75, 3.05) is 10.6 Å². The third-order valence-corrected chi connectivity index (χ3v) is 4.98. The molecule has 4 nitrogen and oxygen atoms in total. The Balaban J connectivity index is 1.52. The highest BCUT2D eigenvalue weighted by Crippen LogP contribution is 2.31. The lowest BCUT2D eigenvalue weighted by atomic mass is 10.3. The van der Waals surface area contributed by atoms with Gasteiger partial charge in [0.05, 0.1) is 5.25 Å². The maximum Gasteiger partial charge on any atom is 0.237 e. The van der Waals surface area contributed by atoms with E-state index in [0.29, 0.717) is 5.69 Å². The van der Waals surface area contributed by atoms with E-state index in [9.17, 15) is 14.0 Å². The Kier molecular flexibility index (Phi) is 5.38. The van der Waals surface area contributed by atoms with Crippen molar-refractivity contribution in [1.29, 1.82) is 0 Å². The van der Waals surface area contributed by atoms with Gasteiger partial charge in [0.25, 0.3) is 0 Å². The van der Waals surface area contributed by atoms with Crippen molar-refractivity contribution in [2.24, 2.45) is 5.92 Å². The molecule has 1 aliphatic carbocycles. The van der Waals surface area contributed by atoms with E-state index in [1.54, 1.807) is 0 Å². The summed E-state index contributed by atoms with van der Waals surface area (Å²) in [5.41, 5.74) is 1.33. The minimum atomic E-state index is -0.339. The van der Waals surface area contributed by atoms with Crippen LogP contribution in [0.4, 0.5) is 15.8 Å². The maximum atomic E-state index is 12.9. The molecular weight excluding hydrogens is 339 g/mol. The van der Waals surface area contributed by atoms with Gasteiger partial charge in [0.15, 0.2) is 0 Å². The van der Waals surface area contributed by atoms with Crippen molar-refractivity contribution < 1.29 is 14.0 Å². The van der Waals surface area contributed by atoms with Gasteiger partial charge in [-0.15, -0.1) is 11.8 Å². The molecule has 0 aliphatic heterocycles. The smallest absolute Gasteiger partial charge is 0.237 e. The summed E-state index contributed by atoms with van der Waals surface area (Å²) in [6, 6.07) is 13.1. The van der Waals surface area contributed by atoms with Crippen LogP contribution in [-0.2, 0) is 9.59 Å². The van der Waals surface area contributed by atoms with E-state index < -0.39 is 0 Å². The van der Waals surface area contributed by atoms with Crippen LogP contribution < -0.4 is 10.6 Å². The van der Waals surface area contributed by atoms with E-state index in [1.807, 2.05) is 31.2 Å². The standard InChI is InChI=1S/C19H19FN2O2S/c1-12(18(23)21-15-6-4-14(20)5-7-15)25-17-10-8-16(9-11-17)22-19(24)13-2-3-13/h4-13H,2-3H2,1H3,(H,21,23)(H,22,24). The quantitative estimate of drug-likeness (QED) is 0.757. The molecule has 3 rings (SSSR count). The van der Waals surface area contributed by atoms with Crippen LogP contribution in [0.2, 0.25) is 0 Å². The summed E-state index contributed by atoms with van der Waals surface area (Å²) in [6.07, 6.45) is 1.95. The second-order valence-corrected chi connectivity index (χ2v) is 7.46. The van der Waals surface area contributed by atoms with Gasteiger partial charge >= 0.3 is 0 Å². The van der Waals surface area contributed by atoms with Gasteiger partial charge in [-0.3, -0.25) is 9.59 Å². The zero-order chi connectivity index (χ0) is 17.8. The molecule has 1 atom stereocenters. The third-order valence-electron chi connectivity index (χ3n) is 3.86. The van der Waals surface area contributed by atoms with E-state index >= 15 is 0 Å². The zero-order valence-electron chi connectivity index (χ0n) is 13.8. The van der Waals surface area contributed by atoms with Crippen molar-refractivity contribution in [2.45, 2.75) is 29.9 Å². The van der Waals surface area contributed by atoms with E-state index in [4.69, 9.17) is 0 Å². The third kappa shape index (κ3) is 5.06. The summed E-state index contributed by atoms with van der Waals surface area (Å²) in [5, 5.41) is 5.34. The van der Waals surface area contributed by atoms with E-state index in [2.05, 4.69) is 10.6 Å². The minimum absolute atomic E-state index is 0.0763. The topological polar surface area (TPSA) is 58.2 Å². The molecule has 1 saturated carbocycles. The number of halogens is 1. The van der Waals surface area contributed by atoms with Gasteiger partial charge in [-0.1, -0.05) is 0 Å². The van der Waals surface area contributed by atoms with Crippen molar-refractivity contribution in [3.63, 3.8) is 0 Å². The Hall–Kier alpha value is -2.34. The normalized spacial score (nSPS) is 14.6. The number of hydrogen-bond donors (Lipinski definition) is 2. The molecule has 25 heavy (non-hydrogen) atoms. The Labute approximate surface area is 150 Å². The highest BCUT2D eigenvalue weighted by Gasteiger charge is 2.29. The van der Waals surface area contributed by atoms with Gasteiger partial charge < -0.3 is 10.6 Å². The molecule has 6 heteroatoms. The number of benzene rings is 2. The average Bonchev–Trinajstić information content (AvgIpc) is 3.43. The average molecular weight is 358 g/mol. The summed E-state index contributed by atoms with van der Waals surface area (Å²) in [7, 11) is 0. The van der Waals surface area contributed by atoms with Crippen LogP contribution in [0.15, 0.2) is 53.4 Å². The van der Waals surface area contributed by atoms with Gasteiger partial charge in [0.1, 0.15) is 5.82 Å². The molecule has 130 valence electrons. The van der Waals surface area contributed by atoms with Gasteiger partial charge in [0.2, 0.25) is 11.8 Å². The predicted molar refractivity (Wildman–Crippen MR) is 98.1 cm³/mol. The number of anilines is 2. The summed E-state index contributed by atoms with van der Waals surface area (Å²) >= 11 is 1.42. The largest absolute Gasteiger partial charge is 0.326 e. The second kappa shape index (κ2) is 7.70. The molecule has 1 unspecified atom stereocenters. The first-order valence-corrected chi connectivity index (χ1v) is 9.03. The lowest BCUT2D eigenvalue weighted by molar-refractivity contribution is -0.117. The van der Waals surface area contributed by atoms with E-state index in [1.165, 1.54) is 36.0 Å². The van der Waals surface area contributed by atoms with Crippen LogP contribution in [0.25, 0.3) is 0 Å². The first kappa shape index (κ1) is 17.5. The van der Waals surface area contributed by atoms with Gasteiger partial charge in [-0.25, -0.2) is 4.39 Å². The number of rotatable bonds is 6. The highest BCUT2D eigenvalue weighted by atomic mass is 32.2. The Morgan fingerprint density at radius 2 is 1.56 bits per heavy atom. The number of hydrogen-bond acceptors (Lipinski definition) is 3. The molecule has 0 saturated heterocycles. The Morgan fingerprint density at radius 3 is 2.16 bits per heavy atom. The fourth-order valence-electron chi connectivity index (χ4n) is 2.24. The SMILES string of the molecule is CC(Sc1ccc(NC(=O)C2CC2)cc1)C(=O)Nc1ccc(F)cc1. The van der Waals surface area contributed by atoms with Gasteiger partial charge in [-0.2, -0.15) is 0 Å². The Morgan fingerprint density at radius 1 is 1.00 bits per heavy atom. The van der Waals surface area contributed by atoms with Crippen molar-refractivity contribution >= 4 is 35.0 Å². The molecule has 0 bridgehead atoms. The van der Waals surface area contributed by atoms with Crippen molar-refractivity contribution in [1.82, 2.24) is 0 Å². The molecule has 2 aromatic rings. The van der Waals surface area contributed by atoms with E-state index in [-0.39, 0.29) is 28.8 Å². The number of carbonyl (C=O) groups is 2. The lowest BCUT2D eigenvalue weighted by Gasteiger charge is -2.12. The van der Waals surface area contributed by atoms with Crippen molar-refractivity contribution in [3.05, 3.63) is 54.3 Å². The van der Waals surface area contributed by atoms with Crippen LogP contribution in [0.1, 0.15) is 19.8 Å². The molecule has 2 N–H and O–H groups in total. The molecule has 2 aromatic carbocycles. The highest BCUT2D eigenvalue weighted by molar-refractivity contribution is 8.00. The van der Waals surface area contributed by atoms with Crippen LogP contribution in [0.3, 0.4) is 0 Å². The fraction of sp³-hybridized carbons (Fsp3) is 0.263. The van der Waals surface area contributed by atoms with Crippen LogP contribution in [0, 0.1) is 11.7 Å². The summed E-state index contributed by atoms with van der Waals surface area (Å²) in [4.78, 5) is 24.9. The molecular formula is C19H19FN2O2S. The van der Waals surface area contributed by atoms with Crippen LogP contribution >= 0.6 is 11.8 Å². The Bertz CT molecular complexity index is 758. The van der Waals surface area contributed by atoms with Gasteiger partial charge in [0, 0.05) is 22.2 Å². The number of amides is 2. The fourth-order valence-corrected chi connectivity index (χ4v) is 3.11. The van der Waals surface area contributed by atoms with Crippen LogP contribution in [-0.4, -0.2) is 17.1 Å². The molecule has 0 spiro atoms. The first-order valence-electron chi connectivity index (χ1n) is 8.15. The van der Waals surface area contributed by atoms with Crippen LogP contribution in [0.5, 0.6) is 0 Å². The predicted octanol–water partition coefficient (Wildman–Crippen LogP) is 4.29. The molecule has 1 fully saturated rings. The molecule has 0 heterocycles. The van der Waals surface area contributed by atoms with Crippen molar-refractivity contribution in [3.8, 4) is 0 Å². The zero-order valence-corrected chi connectivity index (χ0v) is 14.6. The second-order valence-electron chi connectivity index (χ2n) is 6.04. The monoisotopic (exact) mass is 358 g/mol. The maximum absolute atomic E-state index is 12.9. The summed E-state index contributed by atoms with van der Waals surface area (Å²) in [6.45, 7) is 1.81. The molecule has 2 amide bonds. The first-order chi connectivity index (χ1) is 12.0. The minimum Gasteiger partial charge on any atom is -0.326 e. The van der Waals surface area contributed by atoms with Gasteiger partial charge in [-0.05, 0) is 68.3 Å². The van der Waals surface area contributed by atoms with E-state index in [0.717, 1.165) is 23.4 Å². The molecule has 0 aromatic heterocycles. The summed E-state index contributed by atoms with van der Waals surface area (Å²) in [5.74, 6) is -0.242. The molecule has 0 radical (unpaired) electrons. The lowest BCUT2D eigenvalue weighted by Crippen LogP contribution is -2.22. The number of nitrogens with one attached hydrogen (secondary N) is 2.